The lowest BCUT2D eigenvalue weighted by molar-refractivity contribution is 0.0687. The lowest BCUT2D eigenvalue weighted by Gasteiger charge is -2.26. The van der Waals surface area contributed by atoms with Crippen LogP contribution in [-0.2, 0) is 0 Å². The van der Waals surface area contributed by atoms with E-state index in [0.717, 1.165) is 31.4 Å². The van der Waals surface area contributed by atoms with Gasteiger partial charge in [0, 0.05) is 5.92 Å². The van der Waals surface area contributed by atoms with Gasteiger partial charge in [-0.05, 0) is 25.7 Å². The van der Waals surface area contributed by atoms with Crippen LogP contribution in [0.15, 0.2) is 0 Å². The molecule has 0 aromatic carbocycles. The molecule has 1 N–H and O–H groups in total. The monoisotopic (exact) mass is 207 g/mol. The number of aromatic nitrogens is 3. The van der Waals surface area contributed by atoms with Crippen molar-refractivity contribution < 1.29 is 9.90 Å². The summed E-state index contributed by atoms with van der Waals surface area (Å²) in [7, 11) is 0. The number of hydrogen-bond donors (Lipinski definition) is 1. The van der Waals surface area contributed by atoms with Crippen molar-refractivity contribution in [2.45, 2.75) is 44.1 Å². The van der Waals surface area contributed by atoms with Gasteiger partial charge < -0.3 is 5.11 Å². The Hall–Kier alpha value is -1.39. The molecule has 5 nitrogen and oxygen atoms in total. The summed E-state index contributed by atoms with van der Waals surface area (Å²) in [5, 5.41) is 16.8. The first-order chi connectivity index (χ1) is 7.27. The number of rotatable bonds is 3. The van der Waals surface area contributed by atoms with Crippen LogP contribution in [-0.4, -0.2) is 26.1 Å². The molecule has 0 atom stereocenters. The third kappa shape index (κ3) is 1.33. The average Bonchev–Trinajstić information content (AvgIpc) is 2.85. The van der Waals surface area contributed by atoms with Crippen LogP contribution < -0.4 is 0 Å². The van der Waals surface area contributed by atoms with Crippen molar-refractivity contribution in [1.82, 2.24) is 15.0 Å². The lowest BCUT2D eigenvalue weighted by atomic mass is 9.82. The minimum Gasteiger partial charge on any atom is -0.476 e. The van der Waals surface area contributed by atoms with E-state index < -0.39 is 5.97 Å². The Balaban J connectivity index is 2.03. The van der Waals surface area contributed by atoms with Gasteiger partial charge in [0.25, 0.3) is 0 Å². The SMILES string of the molecule is O=C(O)c1nnn(C2CC2)c1C1CCC1. The molecule has 0 unspecified atom stereocenters. The molecule has 5 heteroatoms. The number of hydrogen-bond acceptors (Lipinski definition) is 3. The van der Waals surface area contributed by atoms with Gasteiger partial charge >= 0.3 is 5.97 Å². The fraction of sp³-hybridized carbons (Fsp3) is 0.700. The maximum absolute atomic E-state index is 11.0. The van der Waals surface area contributed by atoms with Gasteiger partial charge in [-0.1, -0.05) is 11.6 Å². The minimum atomic E-state index is -0.941. The van der Waals surface area contributed by atoms with E-state index in [0.29, 0.717) is 12.0 Å². The molecule has 2 aliphatic carbocycles. The first-order valence-electron chi connectivity index (χ1n) is 5.45. The molecule has 0 saturated heterocycles. The Morgan fingerprint density at radius 1 is 1.33 bits per heavy atom. The second kappa shape index (κ2) is 3.05. The molecule has 0 amide bonds. The van der Waals surface area contributed by atoms with Crippen LogP contribution in [0.3, 0.4) is 0 Å². The molecule has 1 heterocycles. The van der Waals surface area contributed by atoms with E-state index in [2.05, 4.69) is 10.3 Å². The smallest absolute Gasteiger partial charge is 0.358 e. The van der Waals surface area contributed by atoms with E-state index in [1.165, 1.54) is 6.42 Å². The highest BCUT2D eigenvalue weighted by molar-refractivity contribution is 5.86. The maximum atomic E-state index is 11.0. The Kier molecular flexibility index (Phi) is 1.81. The molecule has 0 spiro atoms. The first kappa shape index (κ1) is 8.88. The second-order valence-corrected chi connectivity index (χ2v) is 4.43. The third-order valence-electron chi connectivity index (χ3n) is 3.32. The Morgan fingerprint density at radius 2 is 2.07 bits per heavy atom. The first-order valence-corrected chi connectivity index (χ1v) is 5.45. The highest BCUT2D eigenvalue weighted by atomic mass is 16.4. The van der Waals surface area contributed by atoms with E-state index in [-0.39, 0.29) is 5.69 Å². The predicted molar refractivity (Wildman–Crippen MR) is 51.8 cm³/mol. The van der Waals surface area contributed by atoms with Crippen molar-refractivity contribution in [3.05, 3.63) is 11.4 Å². The van der Waals surface area contributed by atoms with Crippen molar-refractivity contribution >= 4 is 5.97 Å². The van der Waals surface area contributed by atoms with Crippen LogP contribution in [0.1, 0.15) is 60.2 Å². The molecule has 0 aliphatic heterocycles. The molecule has 80 valence electrons. The summed E-state index contributed by atoms with van der Waals surface area (Å²) >= 11 is 0. The van der Waals surface area contributed by atoms with Crippen LogP contribution in [0.25, 0.3) is 0 Å². The van der Waals surface area contributed by atoms with E-state index in [9.17, 15) is 4.79 Å². The third-order valence-corrected chi connectivity index (χ3v) is 3.32. The molecule has 3 rings (SSSR count). The Labute approximate surface area is 87.1 Å². The van der Waals surface area contributed by atoms with Gasteiger partial charge in [0.2, 0.25) is 0 Å². The highest BCUT2D eigenvalue weighted by Crippen LogP contribution is 2.42. The number of nitrogens with zero attached hydrogens (tertiary/aromatic N) is 3. The summed E-state index contributed by atoms with van der Waals surface area (Å²) < 4.78 is 1.85. The zero-order valence-corrected chi connectivity index (χ0v) is 8.39. The summed E-state index contributed by atoms with van der Waals surface area (Å²) in [6.45, 7) is 0. The van der Waals surface area contributed by atoms with Gasteiger partial charge in [0.05, 0.1) is 11.7 Å². The Morgan fingerprint density at radius 3 is 2.53 bits per heavy atom. The van der Waals surface area contributed by atoms with E-state index in [4.69, 9.17) is 5.11 Å². The van der Waals surface area contributed by atoms with E-state index in [1.807, 2.05) is 4.68 Å². The zero-order chi connectivity index (χ0) is 10.4. The molecular formula is C10H13N3O2. The summed E-state index contributed by atoms with van der Waals surface area (Å²) in [5.74, 6) is -0.560. The summed E-state index contributed by atoms with van der Waals surface area (Å²) in [4.78, 5) is 11.0. The summed E-state index contributed by atoms with van der Waals surface area (Å²) in [6.07, 6.45) is 5.59. The number of carbonyl (C=O) groups is 1. The van der Waals surface area contributed by atoms with Gasteiger partial charge in [-0.15, -0.1) is 5.10 Å². The highest BCUT2D eigenvalue weighted by Gasteiger charge is 2.35. The van der Waals surface area contributed by atoms with Crippen LogP contribution in [0.5, 0.6) is 0 Å². The van der Waals surface area contributed by atoms with Crippen molar-refractivity contribution in [2.24, 2.45) is 0 Å². The molecule has 1 aromatic heterocycles. The maximum Gasteiger partial charge on any atom is 0.358 e. The lowest BCUT2D eigenvalue weighted by Crippen LogP contribution is -2.17. The normalized spacial score (nSPS) is 21.3. The van der Waals surface area contributed by atoms with Crippen LogP contribution in [0, 0.1) is 0 Å². The fourth-order valence-corrected chi connectivity index (χ4v) is 2.10. The molecule has 0 radical (unpaired) electrons. The van der Waals surface area contributed by atoms with Crippen LogP contribution in [0.2, 0.25) is 0 Å². The van der Waals surface area contributed by atoms with Gasteiger partial charge in [-0.2, -0.15) is 0 Å². The molecular weight excluding hydrogens is 194 g/mol. The molecule has 15 heavy (non-hydrogen) atoms. The molecule has 2 fully saturated rings. The Bertz CT molecular complexity index is 405. The summed E-state index contributed by atoms with van der Waals surface area (Å²) in [5.41, 5.74) is 1.04. The zero-order valence-electron chi connectivity index (χ0n) is 8.39. The van der Waals surface area contributed by atoms with Gasteiger partial charge in [-0.3, -0.25) is 0 Å². The molecule has 1 aromatic rings. The molecule has 2 aliphatic rings. The minimum absolute atomic E-state index is 0.173. The number of carboxylic acids is 1. The van der Waals surface area contributed by atoms with Crippen molar-refractivity contribution in [2.75, 3.05) is 0 Å². The molecule has 2 saturated carbocycles. The fourth-order valence-electron chi connectivity index (χ4n) is 2.10. The van der Waals surface area contributed by atoms with Gasteiger partial charge in [-0.25, -0.2) is 9.48 Å². The van der Waals surface area contributed by atoms with Crippen molar-refractivity contribution in [1.29, 1.82) is 0 Å². The summed E-state index contributed by atoms with van der Waals surface area (Å²) in [6, 6.07) is 0.418. The number of aromatic carboxylic acids is 1. The predicted octanol–water partition coefficient (Wildman–Crippen LogP) is 1.58. The average molecular weight is 207 g/mol. The van der Waals surface area contributed by atoms with E-state index >= 15 is 0 Å². The molecule has 0 bridgehead atoms. The second-order valence-electron chi connectivity index (χ2n) is 4.43. The van der Waals surface area contributed by atoms with Crippen molar-refractivity contribution in [3.8, 4) is 0 Å². The van der Waals surface area contributed by atoms with Crippen LogP contribution in [0.4, 0.5) is 0 Å². The standard InChI is InChI=1S/C10H13N3O2/c14-10(15)8-9(6-2-1-3-6)13(12-11-8)7-4-5-7/h6-7H,1-5H2,(H,14,15). The van der Waals surface area contributed by atoms with Crippen molar-refractivity contribution in [3.63, 3.8) is 0 Å². The largest absolute Gasteiger partial charge is 0.476 e. The number of carboxylic acid groups (broad SMARTS) is 1. The quantitative estimate of drug-likeness (QED) is 0.817. The topological polar surface area (TPSA) is 68.0 Å². The van der Waals surface area contributed by atoms with Gasteiger partial charge in [0.1, 0.15) is 0 Å². The van der Waals surface area contributed by atoms with E-state index in [1.54, 1.807) is 0 Å². The van der Waals surface area contributed by atoms with Crippen LogP contribution >= 0.6 is 0 Å². The van der Waals surface area contributed by atoms with Gasteiger partial charge in [0.15, 0.2) is 5.69 Å².